The van der Waals surface area contributed by atoms with Crippen molar-refractivity contribution in [3.05, 3.63) is 87.4 Å². The van der Waals surface area contributed by atoms with Gasteiger partial charge in [-0.2, -0.15) is 0 Å². The lowest BCUT2D eigenvalue weighted by molar-refractivity contribution is 0.262. The van der Waals surface area contributed by atoms with Gasteiger partial charge in [0, 0.05) is 30.4 Å². The van der Waals surface area contributed by atoms with E-state index < -0.39 is 17.7 Å². The van der Waals surface area contributed by atoms with Crippen molar-refractivity contribution < 1.29 is 13.6 Å². The Morgan fingerprint density at radius 2 is 1.82 bits per heavy atom. The van der Waals surface area contributed by atoms with Crippen molar-refractivity contribution in [3.8, 4) is 5.69 Å². The average Bonchev–Trinajstić information content (AvgIpc) is 2.82. The summed E-state index contributed by atoms with van der Waals surface area (Å²) in [4.78, 5) is 29.9. The lowest BCUT2D eigenvalue weighted by Crippen LogP contribution is -2.24. The van der Waals surface area contributed by atoms with Crippen molar-refractivity contribution >= 4 is 45.6 Å². The predicted molar refractivity (Wildman–Crippen MR) is 130 cm³/mol. The molecule has 0 aliphatic carbocycles. The Kier molecular flexibility index (Phi) is 6.47. The number of hydrogen-bond donors (Lipinski definition) is 3. The monoisotopic (exact) mass is 483 g/mol. The van der Waals surface area contributed by atoms with Crippen LogP contribution in [0.3, 0.4) is 0 Å². The number of carbonyl (C=O) groups excluding carboxylic acids is 1. The molecule has 34 heavy (non-hydrogen) atoms. The van der Waals surface area contributed by atoms with Crippen molar-refractivity contribution in [1.29, 1.82) is 0 Å². The molecule has 3 N–H and O–H groups in total. The first-order valence-corrected chi connectivity index (χ1v) is 10.7. The van der Waals surface area contributed by atoms with Gasteiger partial charge >= 0.3 is 6.03 Å². The molecule has 0 aliphatic rings. The van der Waals surface area contributed by atoms with E-state index in [4.69, 9.17) is 11.6 Å². The topological polar surface area (TPSA) is 88.1 Å². The van der Waals surface area contributed by atoms with E-state index >= 15 is 0 Å². The van der Waals surface area contributed by atoms with E-state index in [1.165, 1.54) is 28.8 Å². The van der Waals surface area contributed by atoms with E-state index in [1.54, 1.807) is 31.6 Å². The Balaban J connectivity index is 1.76. The van der Waals surface area contributed by atoms with Gasteiger partial charge < -0.3 is 16.0 Å². The Hall–Kier alpha value is -3.98. The van der Waals surface area contributed by atoms with Crippen LogP contribution in [0.4, 0.5) is 30.8 Å². The molecular weight excluding hydrogens is 464 g/mol. The molecule has 174 valence electrons. The second-order valence-corrected chi connectivity index (χ2v) is 7.79. The van der Waals surface area contributed by atoms with Crippen molar-refractivity contribution in [2.24, 2.45) is 0 Å². The summed E-state index contributed by atoms with van der Waals surface area (Å²) in [6.07, 6.45) is 3.62. The van der Waals surface area contributed by atoms with Gasteiger partial charge in [-0.05, 0) is 42.1 Å². The first kappa shape index (κ1) is 23.2. The van der Waals surface area contributed by atoms with Gasteiger partial charge in [-0.3, -0.25) is 9.36 Å². The van der Waals surface area contributed by atoms with E-state index in [9.17, 15) is 18.4 Å². The largest absolute Gasteiger partial charge is 0.373 e. The highest BCUT2D eigenvalue weighted by molar-refractivity contribution is 6.32. The minimum absolute atomic E-state index is 0.0270. The number of hydrogen-bond acceptors (Lipinski definition) is 4. The molecule has 0 aliphatic heterocycles. The number of benzene rings is 2. The second kappa shape index (κ2) is 9.48. The highest BCUT2D eigenvalue weighted by Crippen LogP contribution is 2.29. The molecule has 2 heterocycles. The maximum atomic E-state index is 14.6. The third-order valence-corrected chi connectivity index (χ3v) is 5.58. The fourth-order valence-corrected chi connectivity index (χ4v) is 3.84. The number of urea groups is 1. The van der Waals surface area contributed by atoms with Crippen LogP contribution in [-0.4, -0.2) is 22.6 Å². The Bertz CT molecular complexity index is 1470. The van der Waals surface area contributed by atoms with Crippen molar-refractivity contribution in [1.82, 2.24) is 9.55 Å². The summed E-state index contributed by atoms with van der Waals surface area (Å²) in [5, 5.41) is 9.00. The molecule has 0 fully saturated rings. The van der Waals surface area contributed by atoms with Crippen LogP contribution in [-0.2, 0) is 6.42 Å². The summed E-state index contributed by atoms with van der Waals surface area (Å²) in [7, 11) is 1.73. The lowest BCUT2D eigenvalue weighted by Gasteiger charge is -2.15. The maximum Gasteiger partial charge on any atom is 0.323 e. The van der Waals surface area contributed by atoms with Crippen LogP contribution < -0.4 is 21.5 Å². The molecule has 0 saturated heterocycles. The summed E-state index contributed by atoms with van der Waals surface area (Å²) < 4.78 is 29.7. The maximum absolute atomic E-state index is 14.6. The highest BCUT2D eigenvalue weighted by Gasteiger charge is 2.17. The molecule has 2 aromatic carbocycles. The molecule has 10 heteroatoms. The van der Waals surface area contributed by atoms with Crippen LogP contribution in [0.1, 0.15) is 12.5 Å². The number of nitrogens with zero attached hydrogens (tertiary/aromatic N) is 2. The van der Waals surface area contributed by atoms with E-state index in [2.05, 4.69) is 20.9 Å². The van der Waals surface area contributed by atoms with Gasteiger partial charge in [-0.1, -0.05) is 30.7 Å². The van der Waals surface area contributed by atoms with Gasteiger partial charge in [-0.25, -0.2) is 18.6 Å². The summed E-state index contributed by atoms with van der Waals surface area (Å²) >= 11 is 6.29. The second-order valence-electron chi connectivity index (χ2n) is 7.39. The molecule has 2 amide bonds. The molecule has 7 nitrogen and oxygen atoms in total. The van der Waals surface area contributed by atoms with Gasteiger partial charge in [0.25, 0.3) is 5.56 Å². The predicted octanol–water partition coefficient (Wildman–Crippen LogP) is 5.57. The zero-order valence-electron chi connectivity index (χ0n) is 18.2. The first-order valence-electron chi connectivity index (χ1n) is 10.4. The summed E-state index contributed by atoms with van der Waals surface area (Å²) in [6.45, 7) is 1.85. The van der Waals surface area contributed by atoms with Gasteiger partial charge in [0.05, 0.1) is 22.1 Å². The summed E-state index contributed by atoms with van der Waals surface area (Å²) in [6, 6.07) is 8.75. The molecule has 0 radical (unpaired) electrons. The van der Waals surface area contributed by atoms with E-state index in [0.29, 0.717) is 23.2 Å². The Morgan fingerprint density at radius 3 is 2.53 bits per heavy atom. The molecule has 0 saturated carbocycles. The van der Waals surface area contributed by atoms with E-state index in [0.717, 1.165) is 11.5 Å². The van der Waals surface area contributed by atoms with Gasteiger partial charge in [0.15, 0.2) is 0 Å². The number of rotatable bonds is 5. The highest BCUT2D eigenvalue weighted by atomic mass is 35.5. The molecule has 4 aromatic rings. The summed E-state index contributed by atoms with van der Waals surface area (Å²) in [5.41, 5.74) is 0.0639. The van der Waals surface area contributed by atoms with Crippen LogP contribution in [0.15, 0.2) is 59.7 Å². The number of amides is 2. The van der Waals surface area contributed by atoms with Crippen LogP contribution in [0.25, 0.3) is 16.5 Å². The third-order valence-electron chi connectivity index (χ3n) is 5.28. The van der Waals surface area contributed by atoms with Crippen molar-refractivity contribution in [2.45, 2.75) is 13.3 Å². The van der Waals surface area contributed by atoms with Crippen molar-refractivity contribution in [3.63, 3.8) is 0 Å². The summed E-state index contributed by atoms with van der Waals surface area (Å²) in [5.74, 6) is -0.839. The van der Waals surface area contributed by atoms with Gasteiger partial charge in [-0.15, -0.1) is 0 Å². The smallest absolute Gasteiger partial charge is 0.323 e. The first-order chi connectivity index (χ1) is 16.3. The standard InChI is InChI=1S/C24H20ClF2N5O2/c1-3-14-15-8-22(28-2)29-11-13(15)12-32(23(14)33)21-10-20(18(27)9-16(21)25)31-24(34)30-19-7-5-4-6-17(19)26/h4-12,28H,3H2,1-2H3,(H2,30,31,34). The molecule has 4 rings (SSSR count). The number of carbonyl (C=O) groups is 1. The average molecular weight is 484 g/mol. The Morgan fingerprint density at radius 1 is 1.09 bits per heavy atom. The van der Waals surface area contributed by atoms with Crippen LogP contribution >= 0.6 is 11.6 Å². The number of nitrogens with one attached hydrogen (secondary N) is 3. The number of fused-ring (bicyclic) bond motifs is 1. The lowest BCUT2D eigenvalue weighted by atomic mass is 10.1. The fourth-order valence-electron chi connectivity index (χ4n) is 3.60. The van der Waals surface area contributed by atoms with Crippen molar-refractivity contribution in [2.75, 3.05) is 23.0 Å². The number of aromatic nitrogens is 2. The molecular formula is C24H20ClF2N5O2. The van der Waals surface area contributed by atoms with Gasteiger partial charge in [0.1, 0.15) is 17.5 Å². The third kappa shape index (κ3) is 4.42. The minimum atomic E-state index is -0.860. The zero-order chi connectivity index (χ0) is 24.4. The quantitative estimate of drug-likeness (QED) is 0.346. The number of pyridine rings is 2. The molecule has 0 bridgehead atoms. The van der Waals surface area contributed by atoms with E-state index in [-0.39, 0.29) is 27.6 Å². The van der Waals surface area contributed by atoms with Crippen LogP contribution in [0.5, 0.6) is 0 Å². The fraction of sp³-hybridized carbons (Fsp3) is 0.125. The number of aryl methyl sites for hydroxylation is 1. The molecule has 2 aromatic heterocycles. The SMILES string of the molecule is CCc1c(=O)n(-c2cc(NC(=O)Nc3ccccc3F)c(F)cc2Cl)cc2cnc(NC)cc12. The van der Waals surface area contributed by atoms with Gasteiger partial charge in [0.2, 0.25) is 0 Å². The number of para-hydroxylation sites is 1. The minimum Gasteiger partial charge on any atom is -0.373 e. The number of anilines is 3. The molecule has 0 atom stereocenters. The normalized spacial score (nSPS) is 10.9. The molecule has 0 spiro atoms. The number of halogens is 3. The van der Waals surface area contributed by atoms with E-state index in [1.807, 2.05) is 6.92 Å². The van der Waals surface area contributed by atoms with Crippen LogP contribution in [0.2, 0.25) is 5.02 Å². The van der Waals surface area contributed by atoms with Crippen LogP contribution in [0, 0.1) is 11.6 Å². The molecule has 0 unspecified atom stereocenters. The Labute approximate surface area is 198 Å². The zero-order valence-corrected chi connectivity index (χ0v) is 19.0.